The fourth-order valence-corrected chi connectivity index (χ4v) is 2.19. The average molecular weight is 281 g/mol. The van der Waals surface area contributed by atoms with Crippen molar-refractivity contribution in [1.82, 2.24) is 14.9 Å². The van der Waals surface area contributed by atoms with Gasteiger partial charge in [0, 0.05) is 24.9 Å². The van der Waals surface area contributed by atoms with Gasteiger partial charge in [0.25, 0.3) is 0 Å². The summed E-state index contributed by atoms with van der Waals surface area (Å²) in [6.45, 7) is 4.97. The molecule has 0 spiro atoms. The Hall–Kier alpha value is -2.18. The van der Waals surface area contributed by atoms with Crippen molar-refractivity contribution in [3.8, 4) is 0 Å². The summed E-state index contributed by atoms with van der Waals surface area (Å²) in [5.74, 6) is -1.22. The maximum absolute atomic E-state index is 12.0. The first kappa shape index (κ1) is 15.9. The van der Waals surface area contributed by atoms with E-state index in [1.165, 1.54) is 11.6 Å². The van der Waals surface area contributed by atoms with Crippen molar-refractivity contribution in [2.75, 3.05) is 7.05 Å². The summed E-state index contributed by atoms with van der Waals surface area (Å²) < 4.78 is 1.29. The zero-order valence-corrected chi connectivity index (χ0v) is 12.1. The molecule has 0 aliphatic carbocycles. The zero-order chi connectivity index (χ0) is 15.4. The summed E-state index contributed by atoms with van der Waals surface area (Å²) in [5, 5.41) is 11.2. The molecule has 110 valence electrons. The number of nitrogens with one attached hydrogen (secondary N) is 1. The lowest BCUT2D eigenvalue weighted by molar-refractivity contribution is -0.137. The molecule has 1 aromatic rings. The molecule has 0 saturated heterocycles. The van der Waals surface area contributed by atoms with Crippen LogP contribution >= 0.6 is 0 Å². The molecule has 20 heavy (non-hydrogen) atoms. The number of amides is 1. The Morgan fingerprint density at radius 2 is 2.00 bits per heavy atom. The summed E-state index contributed by atoms with van der Waals surface area (Å²) in [6.07, 6.45) is 0.233. The normalized spacial score (nSPS) is 12.0. The number of nitrogens with zero attached hydrogens (tertiary/aromatic N) is 2. The highest BCUT2D eigenvalue weighted by Gasteiger charge is 2.20. The second-order valence-corrected chi connectivity index (χ2v) is 4.60. The number of carbonyl (C=O) groups is 2. The number of aromatic nitrogens is 2. The first-order chi connectivity index (χ1) is 9.29. The molecule has 0 saturated carbocycles. The quantitative estimate of drug-likeness (QED) is 0.802. The van der Waals surface area contributed by atoms with Gasteiger partial charge in [-0.25, -0.2) is 4.79 Å². The lowest BCUT2D eigenvalue weighted by Crippen LogP contribution is -2.37. The Balaban J connectivity index is 3.32. The van der Waals surface area contributed by atoms with Crippen molar-refractivity contribution >= 4 is 11.9 Å². The van der Waals surface area contributed by atoms with Crippen LogP contribution in [-0.2, 0) is 16.0 Å². The summed E-state index contributed by atoms with van der Waals surface area (Å²) in [6, 6.07) is -0.691. The Morgan fingerprint density at radius 1 is 1.40 bits per heavy atom. The van der Waals surface area contributed by atoms with Crippen LogP contribution in [0.15, 0.2) is 4.79 Å². The monoisotopic (exact) mass is 281 g/mol. The lowest BCUT2D eigenvalue weighted by Gasteiger charge is -2.19. The van der Waals surface area contributed by atoms with E-state index >= 15 is 0 Å². The van der Waals surface area contributed by atoms with Crippen molar-refractivity contribution in [1.29, 1.82) is 0 Å². The molecule has 1 unspecified atom stereocenters. The molecule has 0 fully saturated rings. The van der Waals surface area contributed by atoms with Crippen LogP contribution in [0.2, 0.25) is 0 Å². The Bertz CT molecular complexity index is 592. The minimum atomic E-state index is -0.916. The van der Waals surface area contributed by atoms with Crippen LogP contribution < -0.4 is 11.0 Å². The summed E-state index contributed by atoms with van der Waals surface area (Å²) >= 11 is 0. The summed E-state index contributed by atoms with van der Waals surface area (Å²) in [7, 11) is 1.49. The van der Waals surface area contributed by atoms with E-state index in [9.17, 15) is 14.4 Å². The molecule has 0 aromatic carbocycles. The molecule has 1 aromatic heterocycles. The Kier molecular flexibility index (Phi) is 5.01. The third kappa shape index (κ3) is 3.23. The Labute approximate surface area is 116 Å². The fraction of sp³-hybridized carbons (Fsp3) is 0.538. The van der Waals surface area contributed by atoms with E-state index in [0.717, 1.165) is 0 Å². The van der Waals surface area contributed by atoms with Crippen LogP contribution in [-0.4, -0.2) is 33.6 Å². The van der Waals surface area contributed by atoms with E-state index in [4.69, 9.17) is 5.11 Å². The number of hydrogen-bond donors (Lipinski definition) is 2. The first-order valence-corrected chi connectivity index (χ1v) is 6.31. The molecule has 1 atom stereocenters. The number of aryl methyl sites for hydroxylation is 1. The Morgan fingerprint density at radius 3 is 2.50 bits per heavy atom. The zero-order valence-electron chi connectivity index (χ0n) is 12.1. The third-order valence-electron chi connectivity index (χ3n) is 3.31. The van der Waals surface area contributed by atoms with Crippen molar-refractivity contribution in [3.63, 3.8) is 0 Å². The van der Waals surface area contributed by atoms with Gasteiger partial charge in [-0.3, -0.25) is 14.2 Å². The number of carboxylic acids is 1. The van der Waals surface area contributed by atoms with Gasteiger partial charge in [-0.1, -0.05) is 0 Å². The van der Waals surface area contributed by atoms with Crippen LogP contribution in [0.4, 0.5) is 0 Å². The van der Waals surface area contributed by atoms with Crippen LogP contribution in [0.1, 0.15) is 36.3 Å². The fourth-order valence-electron chi connectivity index (χ4n) is 2.19. The molecule has 0 bridgehead atoms. The molecular weight excluding hydrogens is 262 g/mol. The highest BCUT2D eigenvalue weighted by molar-refractivity contribution is 5.79. The van der Waals surface area contributed by atoms with Crippen molar-refractivity contribution in [3.05, 3.63) is 27.4 Å². The third-order valence-corrected chi connectivity index (χ3v) is 3.31. The molecule has 0 aliphatic heterocycles. The van der Waals surface area contributed by atoms with Crippen LogP contribution in [0, 0.1) is 13.8 Å². The number of aliphatic carboxylic acids is 1. The SMILES string of the molecule is CNC(=O)C(C)n1c(C)c(CCC(=O)O)c(C)nc1=O. The highest BCUT2D eigenvalue weighted by atomic mass is 16.4. The van der Waals surface area contributed by atoms with Crippen LogP contribution in [0.3, 0.4) is 0 Å². The first-order valence-electron chi connectivity index (χ1n) is 6.31. The smallest absolute Gasteiger partial charge is 0.348 e. The second-order valence-electron chi connectivity index (χ2n) is 4.60. The molecule has 1 rings (SSSR count). The van der Waals surface area contributed by atoms with Crippen molar-refractivity contribution in [2.45, 2.75) is 39.7 Å². The highest BCUT2D eigenvalue weighted by Crippen LogP contribution is 2.15. The minimum absolute atomic E-state index is 0.0457. The van der Waals surface area contributed by atoms with Crippen LogP contribution in [0.5, 0.6) is 0 Å². The van der Waals surface area contributed by atoms with Gasteiger partial charge in [-0.15, -0.1) is 0 Å². The van der Waals surface area contributed by atoms with E-state index in [0.29, 0.717) is 17.0 Å². The van der Waals surface area contributed by atoms with Gasteiger partial charge in [0.2, 0.25) is 5.91 Å². The number of rotatable bonds is 5. The second kappa shape index (κ2) is 6.31. The predicted octanol–water partition coefficient (Wildman–Crippen LogP) is 0.184. The van der Waals surface area contributed by atoms with E-state index in [-0.39, 0.29) is 18.7 Å². The molecule has 7 heteroatoms. The number of carboxylic acid groups (broad SMARTS) is 1. The van der Waals surface area contributed by atoms with Gasteiger partial charge < -0.3 is 10.4 Å². The van der Waals surface area contributed by atoms with Gasteiger partial charge in [-0.2, -0.15) is 4.98 Å². The molecule has 0 radical (unpaired) electrons. The number of likely N-dealkylation sites (N-methyl/N-ethyl adjacent to an activating group) is 1. The van der Waals surface area contributed by atoms with Gasteiger partial charge in [0.1, 0.15) is 6.04 Å². The van der Waals surface area contributed by atoms with Gasteiger partial charge in [0.15, 0.2) is 0 Å². The van der Waals surface area contributed by atoms with Crippen molar-refractivity contribution < 1.29 is 14.7 Å². The molecule has 7 nitrogen and oxygen atoms in total. The van der Waals surface area contributed by atoms with Crippen LogP contribution in [0.25, 0.3) is 0 Å². The predicted molar refractivity (Wildman–Crippen MR) is 72.7 cm³/mol. The maximum atomic E-state index is 12.0. The van der Waals surface area contributed by atoms with E-state index in [2.05, 4.69) is 10.3 Å². The number of carbonyl (C=O) groups excluding carboxylic acids is 1. The van der Waals surface area contributed by atoms with E-state index in [1.807, 2.05) is 0 Å². The van der Waals surface area contributed by atoms with Gasteiger partial charge in [-0.05, 0) is 32.8 Å². The molecule has 0 aliphatic rings. The largest absolute Gasteiger partial charge is 0.481 e. The van der Waals surface area contributed by atoms with E-state index in [1.54, 1.807) is 20.8 Å². The standard InChI is InChI=1S/C13H19N3O4/c1-7-10(5-6-11(17)18)8(2)16(13(20)15-7)9(3)12(19)14-4/h9H,5-6H2,1-4H3,(H,14,19)(H,17,18). The number of hydrogen-bond acceptors (Lipinski definition) is 4. The minimum Gasteiger partial charge on any atom is -0.481 e. The molecule has 2 N–H and O–H groups in total. The molecular formula is C13H19N3O4. The topological polar surface area (TPSA) is 101 Å². The van der Waals surface area contributed by atoms with Gasteiger partial charge >= 0.3 is 11.7 Å². The molecule has 1 heterocycles. The summed E-state index contributed by atoms with van der Waals surface area (Å²) in [5.41, 5.74) is 1.28. The maximum Gasteiger partial charge on any atom is 0.348 e. The summed E-state index contributed by atoms with van der Waals surface area (Å²) in [4.78, 5) is 38.2. The van der Waals surface area contributed by atoms with Gasteiger partial charge in [0.05, 0.1) is 0 Å². The lowest BCUT2D eigenvalue weighted by atomic mass is 10.1. The van der Waals surface area contributed by atoms with Crippen molar-refractivity contribution in [2.24, 2.45) is 0 Å². The average Bonchev–Trinajstić information content (AvgIpc) is 2.36. The van der Waals surface area contributed by atoms with E-state index < -0.39 is 17.7 Å². The molecule has 1 amide bonds.